The van der Waals surface area contributed by atoms with E-state index in [9.17, 15) is 18.0 Å². The van der Waals surface area contributed by atoms with Crippen LogP contribution >= 0.6 is 0 Å². The van der Waals surface area contributed by atoms with E-state index < -0.39 is 6.36 Å². The van der Waals surface area contributed by atoms with Crippen LogP contribution in [0.3, 0.4) is 0 Å². The number of amides is 1. The average molecular weight is 393 g/mol. The van der Waals surface area contributed by atoms with Crippen LogP contribution in [-0.2, 0) is 4.79 Å². The summed E-state index contributed by atoms with van der Waals surface area (Å²) in [7, 11) is 0. The highest BCUT2D eigenvalue weighted by molar-refractivity contribution is 5.94. The Labute approximate surface area is 161 Å². The molecule has 0 spiro atoms. The van der Waals surface area contributed by atoms with Crippen LogP contribution in [0.25, 0.3) is 0 Å². The molecule has 0 aromatic heterocycles. The van der Waals surface area contributed by atoms with Gasteiger partial charge in [-0.2, -0.15) is 0 Å². The first-order valence-electron chi connectivity index (χ1n) is 9.02. The van der Waals surface area contributed by atoms with E-state index in [1.807, 2.05) is 25.1 Å². The first kappa shape index (κ1) is 20.0. The summed E-state index contributed by atoms with van der Waals surface area (Å²) in [5, 5.41) is 2.74. The lowest BCUT2D eigenvalue weighted by molar-refractivity contribution is -0.274. The highest BCUT2D eigenvalue weighted by Gasteiger charge is 2.31. The molecule has 1 amide bonds. The molecule has 1 saturated heterocycles. The molecule has 0 radical (unpaired) electrons. The van der Waals surface area contributed by atoms with Crippen molar-refractivity contribution in [3.63, 3.8) is 0 Å². The quantitative estimate of drug-likeness (QED) is 0.841. The van der Waals surface area contributed by atoms with Gasteiger partial charge < -0.3 is 15.0 Å². The monoisotopic (exact) mass is 393 g/mol. The fourth-order valence-corrected chi connectivity index (χ4v) is 3.16. The molecule has 0 saturated carbocycles. The Bertz CT molecular complexity index is 774. The molecule has 1 unspecified atom stereocenters. The number of hydrogen-bond acceptors (Lipinski definition) is 4. The highest BCUT2D eigenvalue weighted by atomic mass is 19.4. The van der Waals surface area contributed by atoms with Crippen molar-refractivity contribution in [2.45, 2.75) is 19.3 Å². The topological polar surface area (TPSA) is 44.8 Å². The van der Waals surface area contributed by atoms with Gasteiger partial charge in [-0.3, -0.25) is 9.69 Å². The van der Waals surface area contributed by atoms with E-state index in [2.05, 4.69) is 32.0 Å². The van der Waals surface area contributed by atoms with Crippen LogP contribution in [-0.4, -0.2) is 49.4 Å². The van der Waals surface area contributed by atoms with Gasteiger partial charge in [-0.25, -0.2) is 0 Å². The second kappa shape index (κ2) is 8.52. The van der Waals surface area contributed by atoms with Gasteiger partial charge in [0.15, 0.2) is 0 Å². The number of carbonyl (C=O) groups is 1. The molecule has 5 nitrogen and oxygen atoms in total. The molecular formula is C20H22F3N3O2. The van der Waals surface area contributed by atoms with Gasteiger partial charge in [0.05, 0.1) is 6.04 Å². The van der Waals surface area contributed by atoms with E-state index in [4.69, 9.17) is 0 Å². The molecule has 28 heavy (non-hydrogen) atoms. The van der Waals surface area contributed by atoms with E-state index in [1.165, 1.54) is 30.0 Å². The Morgan fingerprint density at radius 2 is 1.61 bits per heavy atom. The summed E-state index contributed by atoms with van der Waals surface area (Å²) in [6.07, 6.45) is -4.73. The van der Waals surface area contributed by atoms with Crippen molar-refractivity contribution in [3.05, 3.63) is 54.6 Å². The van der Waals surface area contributed by atoms with Gasteiger partial charge in [0.1, 0.15) is 5.75 Å². The number of anilines is 2. The summed E-state index contributed by atoms with van der Waals surface area (Å²) >= 11 is 0. The van der Waals surface area contributed by atoms with E-state index in [0.29, 0.717) is 5.69 Å². The molecule has 0 bridgehead atoms. The van der Waals surface area contributed by atoms with Crippen molar-refractivity contribution < 1.29 is 22.7 Å². The standard InChI is InChI=1S/C20H22F3N3O2/c1-15(25-11-13-26(14-12-25)17-5-3-2-4-6-17)19(27)24-16-7-9-18(10-8-16)28-20(21,22)23/h2-10,15H,11-14H2,1H3,(H,24,27). The fourth-order valence-electron chi connectivity index (χ4n) is 3.16. The van der Waals surface area contributed by atoms with Gasteiger partial charge in [0.25, 0.3) is 0 Å². The van der Waals surface area contributed by atoms with Crippen molar-refractivity contribution in [2.24, 2.45) is 0 Å². The summed E-state index contributed by atoms with van der Waals surface area (Å²) in [5.74, 6) is -0.520. The molecule has 2 aromatic carbocycles. The zero-order valence-corrected chi connectivity index (χ0v) is 15.4. The van der Waals surface area contributed by atoms with Crippen molar-refractivity contribution in [1.29, 1.82) is 0 Å². The minimum absolute atomic E-state index is 0.197. The number of nitrogens with zero attached hydrogens (tertiary/aromatic N) is 2. The van der Waals surface area contributed by atoms with Gasteiger partial charge in [0, 0.05) is 37.6 Å². The van der Waals surface area contributed by atoms with Crippen molar-refractivity contribution in [1.82, 2.24) is 4.90 Å². The predicted molar refractivity (Wildman–Crippen MR) is 101 cm³/mol. The Morgan fingerprint density at radius 3 is 2.18 bits per heavy atom. The lowest BCUT2D eigenvalue weighted by atomic mass is 10.2. The minimum Gasteiger partial charge on any atom is -0.406 e. The van der Waals surface area contributed by atoms with Crippen LogP contribution in [0.1, 0.15) is 6.92 Å². The number of nitrogens with one attached hydrogen (secondary N) is 1. The van der Waals surface area contributed by atoms with Crippen LogP contribution in [0.4, 0.5) is 24.5 Å². The molecule has 1 heterocycles. The summed E-state index contributed by atoms with van der Waals surface area (Å²) < 4.78 is 40.4. The molecule has 2 aromatic rings. The van der Waals surface area contributed by atoms with Gasteiger partial charge >= 0.3 is 6.36 Å². The van der Waals surface area contributed by atoms with Gasteiger partial charge in [-0.15, -0.1) is 13.2 Å². The fraction of sp³-hybridized carbons (Fsp3) is 0.350. The zero-order valence-electron chi connectivity index (χ0n) is 15.4. The van der Waals surface area contributed by atoms with Crippen LogP contribution in [0.15, 0.2) is 54.6 Å². The lowest BCUT2D eigenvalue weighted by Crippen LogP contribution is -2.52. The molecule has 1 atom stereocenters. The molecule has 8 heteroatoms. The smallest absolute Gasteiger partial charge is 0.406 e. The number of halogens is 3. The number of alkyl halides is 3. The maximum atomic E-state index is 12.5. The van der Waals surface area contributed by atoms with Gasteiger partial charge in [-0.05, 0) is 43.3 Å². The van der Waals surface area contributed by atoms with Crippen LogP contribution in [0.5, 0.6) is 5.75 Å². The molecule has 1 aliphatic heterocycles. The largest absolute Gasteiger partial charge is 0.573 e. The molecule has 0 aliphatic carbocycles. The van der Waals surface area contributed by atoms with E-state index in [1.54, 1.807) is 0 Å². The average Bonchev–Trinajstić information content (AvgIpc) is 2.68. The maximum absolute atomic E-state index is 12.5. The molecular weight excluding hydrogens is 371 g/mol. The van der Waals surface area contributed by atoms with E-state index in [0.717, 1.165) is 26.2 Å². The summed E-state index contributed by atoms with van der Waals surface area (Å²) in [4.78, 5) is 16.9. The summed E-state index contributed by atoms with van der Waals surface area (Å²) in [6.45, 7) is 4.98. The third-order valence-corrected chi connectivity index (χ3v) is 4.72. The van der Waals surface area contributed by atoms with Crippen LogP contribution in [0, 0.1) is 0 Å². The highest BCUT2D eigenvalue weighted by Crippen LogP contribution is 2.24. The number of para-hydroxylation sites is 1. The second-order valence-electron chi connectivity index (χ2n) is 6.60. The lowest BCUT2D eigenvalue weighted by Gasteiger charge is -2.38. The first-order chi connectivity index (χ1) is 13.3. The predicted octanol–water partition coefficient (Wildman–Crippen LogP) is 3.73. The minimum atomic E-state index is -4.73. The molecule has 1 fully saturated rings. The van der Waals surface area contributed by atoms with E-state index in [-0.39, 0.29) is 17.7 Å². The summed E-state index contributed by atoms with van der Waals surface area (Å²) in [6, 6.07) is 14.9. The van der Waals surface area contributed by atoms with Crippen molar-refractivity contribution in [2.75, 3.05) is 36.4 Å². The van der Waals surface area contributed by atoms with Crippen molar-refractivity contribution >= 4 is 17.3 Å². The summed E-state index contributed by atoms with van der Waals surface area (Å²) in [5.41, 5.74) is 1.59. The molecule has 150 valence electrons. The van der Waals surface area contributed by atoms with E-state index >= 15 is 0 Å². The molecule has 1 N–H and O–H groups in total. The number of hydrogen-bond donors (Lipinski definition) is 1. The van der Waals surface area contributed by atoms with Gasteiger partial charge in [-0.1, -0.05) is 18.2 Å². The zero-order chi connectivity index (χ0) is 20.1. The van der Waals surface area contributed by atoms with Gasteiger partial charge in [0.2, 0.25) is 5.91 Å². The Morgan fingerprint density at radius 1 is 1.00 bits per heavy atom. The normalized spacial score (nSPS) is 16.5. The Kier molecular flexibility index (Phi) is 6.08. The first-order valence-corrected chi connectivity index (χ1v) is 9.02. The SMILES string of the molecule is CC(C(=O)Nc1ccc(OC(F)(F)F)cc1)N1CCN(c2ccccc2)CC1. The number of rotatable bonds is 5. The second-order valence-corrected chi connectivity index (χ2v) is 6.60. The van der Waals surface area contributed by atoms with Crippen LogP contribution < -0.4 is 15.0 Å². The number of ether oxygens (including phenoxy) is 1. The molecule has 3 rings (SSSR count). The third kappa shape index (κ3) is 5.39. The Hall–Kier alpha value is -2.74. The number of carbonyl (C=O) groups excluding carboxylic acids is 1. The number of benzene rings is 2. The maximum Gasteiger partial charge on any atom is 0.573 e. The van der Waals surface area contributed by atoms with Crippen molar-refractivity contribution in [3.8, 4) is 5.75 Å². The van der Waals surface area contributed by atoms with Crippen LogP contribution in [0.2, 0.25) is 0 Å². The molecule has 1 aliphatic rings. The Balaban J connectivity index is 1.51. The third-order valence-electron chi connectivity index (χ3n) is 4.72. The number of piperazine rings is 1.